The van der Waals surface area contributed by atoms with Crippen LogP contribution in [0.2, 0.25) is 0 Å². The second kappa shape index (κ2) is 5.16. The number of hydrogen-bond acceptors (Lipinski definition) is 8. The quantitative estimate of drug-likeness (QED) is 0.475. The summed E-state index contributed by atoms with van der Waals surface area (Å²) in [5.74, 6) is 0.595. The third-order valence-corrected chi connectivity index (χ3v) is 4.02. The summed E-state index contributed by atoms with van der Waals surface area (Å²) in [6.45, 7) is 0.741. The molecule has 0 amide bonds. The number of nitrogens with zero attached hydrogens (tertiary/aromatic N) is 3. The molecule has 1 saturated heterocycles. The Balaban J connectivity index is 2.00. The Bertz CT molecular complexity index is 604. The molecular weight excluding hydrogens is 295 g/mol. The first-order valence-corrected chi connectivity index (χ1v) is 6.87. The molecule has 1 fully saturated rings. The number of aliphatic hydroxyl groups is 2. The summed E-state index contributed by atoms with van der Waals surface area (Å²) in [5, 5.41) is 24.9. The average molecular weight is 314 g/mol. The minimum atomic E-state index is -2.10. The Morgan fingerprint density at radius 1 is 1.64 bits per heavy atom. The largest absolute Gasteiger partial charge is 0.394 e. The first-order valence-electron chi connectivity index (χ1n) is 6.87. The number of aliphatic imine (C=N–C) groups is 1. The van der Waals surface area contributed by atoms with Crippen molar-refractivity contribution in [1.82, 2.24) is 14.9 Å². The summed E-state index contributed by atoms with van der Waals surface area (Å²) >= 11 is 0. The van der Waals surface area contributed by atoms with Crippen LogP contribution in [0, 0.1) is 0 Å². The molecule has 0 bridgehead atoms. The number of halogens is 1. The van der Waals surface area contributed by atoms with Crippen LogP contribution >= 0.6 is 0 Å². The van der Waals surface area contributed by atoms with E-state index in [9.17, 15) is 14.6 Å². The molecule has 0 aromatic carbocycles. The molecule has 5 atom stereocenters. The molecule has 0 radical (unpaired) electrons. The van der Waals surface area contributed by atoms with Crippen molar-refractivity contribution in [3.63, 3.8) is 0 Å². The molecule has 9 nitrogen and oxygen atoms in total. The van der Waals surface area contributed by atoms with Gasteiger partial charge in [-0.2, -0.15) is 0 Å². The van der Waals surface area contributed by atoms with Gasteiger partial charge in [-0.1, -0.05) is 0 Å². The first-order chi connectivity index (χ1) is 10.4. The Hall–Kier alpha value is -1.75. The predicted molar refractivity (Wildman–Crippen MR) is 75.8 cm³/mol. The molecule has 0 saturated carbocycles. The van der Waals surface area contributed by atoms with Gasteiger partial charge in [-0.25, -0.2) is 14.4 Å². The number of anilines is 1. The van der Waals surface area contributed by atoms with E-state index in [2.05, 4.69) is 20.6 Å². The SMILES string of the molecule is CNC1N=C(N)Nc2c1ncn2[C@@H]1O[C@H](CO)[C@@H](O)[C@@]1(C)F. The number of alkyl halides is 1. The molecule has 3 rings (SSSR count). The molecule has 0 spiro atoms. The number of ether oxygens (including phenoxy) is 1. The molecule has 2 aliphatic rings. The topological polar surface area (TPSA) is 130 Å². The lowest BCUT2D eigenvalue weighted by Crippen LogP contribution is -2.41. The maximum Gasteiger partial charge on any atom is 0.196 e. The number of nitrogens with one attached hydrogen (secondary N) is 2. The average Bonchev–Trinajstić information content (AvgIpc) is 2.98. The summed E-state index contributed by atoms with van der Waals surface area (Å²) in [6.07, 6.45) is -2.66. The number of imidazole rings is 1. The van der Waals surface area contributed by atoms with E-state index in [1.54, 1.807) is 7.05 Å². The van der Waals surface area contributed by atoms with Gasteiger partial charge in [-0.3, -0.25) is 9.88 Å². The predicted octanol–water partition coefficient (Wildman–Crippen LogP) is -1.18. The highest BCUT2D eigenvalue weighted by atomic mass is 19.1. The molecule has 0 aliphatic carbocycles. The second-order valence-electron chi connectivity index (χ2n) is 5.52. The smallest absolute Gasteiger partial charge is 0.196 e. The minimum Gasteiger partial charge on any atom is -0.394 e. The van der Waals surface area contributed by atoms with E-state index in [0.717, 1.165) is 0 Å². The van der Waals surface area contributed by atoms with Crippen LogP contribution in [-0.2, 0) is 4.74 Å². The van der Waals surface area contributed by atoms with Gasteiger partial charge >= 0.3 is 0 Å². The highest BCUT2D eigenvalue weighted by Crippen LogP contribution is 2.43. The molecule has 22 heavy (non-hydrogen) atoms. The molecule has 2 aliphatic heterocycles. The van der Waals surface area contributed by atoms with Gasteiger partial charge < -0.3 is 26.0 Å². The van der Waals surface area contributed by atoms with Crippen molar-refractivity contribution in [2.45, 2.75) is 37.2 Å². The number of guanidine groups is 1. The monoisotopic (exact) mass is 314 g/mol. The van der Waals surface area contributed by atoms with Crippen LogP contribution in [0.3, 0.4) is 0 Å². The molecule has 122 valence electrons. The third kappa shape index (κ3) is 2.07. The zero-order valence-corrected chi connectivity index (χ0v) is 12.2. The van der Waals surface area contributed by atoms with Crippen molar-refractivity contribution in [3.05, 3.63) is 12.0 Å². The zero-order chi connectivity index (χ0) is 16.1. The van der Waals surface area contributed by atoms with Gasteiger partial charge in [0.1, 0.15) is 29.9 Å². The van der Waals surface area contributed by atoms with Gasteiger partial charge in [0.15, 0.2) is 17.9 Å². The maximum absolute atomic E-state index is 14.9. The van der Waals surface area contributed by atoms with Crippen LogP contribution in [0.5, 0.6) is 0 Å². The van der Waals surface area contributed by atoms with Gasteiger partial charge in [0.25, 0.3) is 0 Å². The van der Waals surface area contributed by atoms with Crippen LogP contribution in [0.15, 0.2) is 11.3 Å². The van der Waals surface area contributed by atoms with Gasteiger partial charge in [-0.15, -0.1) is 0 Å². The molecule has 1 aromatic heterocycles. The van der Waals surface area contributed by atoms with Crippen molar-refractivity contribution < 1.29 is 19.3 Å². The Morgan fingerprint density at radius 3 is 2.95 bits per heavy atom. The van der Waals surface area contributed by atoms with Crippen LogP contribution in [0.25, 0.3) is 0 Å². The number of aromatic nitrogens is 2. The fourth-order valence-electron chi connectivity index (χ4n) is 2.80. The molecule has 3 heterocycles. The lowest BCUT2D eigenvalue weighted by molar-refractivity contribution is -0.0575. The van der Waals surface area contributed by atoms with Crippen molar-refractivity contribution in [1.29, 1.82) is 0 Å². The Kier molecular flexibility index (Phi) is 3.56. The zero-order valence-electron chi connectivity index (χ0n) is 12.2. The number of fused-ring (bicyclic) bond motifs is 1. The summed E-state index contributed by atoms with van der Waals surface area (Å²) in [6, 6.07) is 0. The number of aliphatic hydroxyl groups excluding tert-OH is 2. The Labute approximate surface area is 126 Å². The van der Waals surface area contributed by atoms with E-state index in [-0.39, 0.29) is 5.96 Å². The number of hydrogen-bond donors (Lipinski definition) is 5. The van der Waals surface area contributed by atoms with E-state index < -0.39 is 36.9 Å². The standard InChI is InChI=1S/C12H19FN6O3/c1-12(13)7(21)5(3-20)22-10(12)19-4-16-6-8(15-2)17-11(14)18-9(6)19/h4-5,7-8,10,15,20-21H,3H2,1-2H3,(H3,14,17,18)/t5-,7-,8?,10-,12-/m1/s1. The van der Waals surface area contributed by atoms with E-state index in [1.165, 1.54) is 17.8 Å². The second-order valence-corrected chi connectivity index (χ2v) is 5.52. The fraction of sp³-hybridized carbons (Fsp3) is 0.667. The first kappa shape index (κ1) is 15.2. The van der Waals surface area contributed by atoms with Crippen molar-refractivity contribution in [2.75, 3.05) is 19.0 Å². The van der Waals surface area contributed by atoms with Gasteiger partial charge in [0, 0.05) is 0 Å². The Morgan fingerprint density at radius 2 is 2.36 bits per heavy atom. The fourth-order valence-corrected chi connectivity index (χ4v) is 2.80. The molecule has 6 N–H and O–H groups in total. The van der Waals surface area contributed by atoms with Crippen LogP contribution in [0.4, 0.5) is 10.2 Å². The molecule has 1 aromatic rings. The third-order valence-electron chi connectivity index (χ3n) is 4.02. The van der Waals surface area contributed by atoms with Gasteiger partial charge in [0.2, 0.25) is 0 Å². The number of rotatable bonds is 3. The van der Waals surface area contributed by atoms with Gasteiger partial charge in [-0.05, 0) is 14.0 Å². The van der Waals surface area contributed by atoms with Crippen LogP contribution < -0.4 is 16.4 Å². The van der Waals surface area contributed by atoms with Gasteiger partial charge in [0.05, 0.1) is 12.9 Å². The van der Waals surface area contributed by atoms with E-state index >= 15 is 0 Å². The molecule has 10 heteroatoms. The highest BCUT2D eigenvalue weighted by molar-refractivity contribution is 5.93. The summed E-state index contributed by atoms with van der Waals surface area (Å²) in [5.41, 5.74) is 4.17. The number of nitrogens with two attached hydrogens (primary N) is 1. The summed E-state index contributed by atoms with van der Waals surface area (Å²) < 4.78 is 21.8. The molecule has 1 unspecified atom stereocenters. The highest BCUT2D eigenvalue weighted by Gasteiger charge is 2.55. The lowest BCUT2D eigenvalue weighted by atomic mass is 9.98. The summed E-state index contributed by atoms with van der Waals surface area (Å²) in [7, 11) is 1.70. The minimum absolute atomic E-state index is 0.159. The maximum atomic E-state index is 14.9. The van der Waals surface area contributed by atoms with Crippen LogP contribution in [-0.4, -0.2) is 57.3 Å². The van der Waals surface area contributed by atoms with Crippen LogP contribution in [0.1, 0.15) is 25.0 Å². The van der Waals surface area contributed by atoms with E-state index in [4.69, 9.17) is 10.5 Å². The normalized spacial score (nSPS) is 37.6. The van der Waals surface area contributed by atoms with Crippen molar-refractivity contribution >= 4 is 11.8 Å². The lowest BCUT2D eigenvalue weighted by Gasteiger charge is -2.27. The van der Waals surface area contributed by atoms with E-state index in [0.29, 0.717) is 11.5 Å². The van der Waals surface area contributed by atoms with Crippen molar-refractivity contribution in [3.8, 4) is 0 Å². The van der Waals surface area contributed by atoms with E-state index in [1.807, 2.05) is 0 Å². The van der Waals surface area contributed by atoms with Crippen molar-refractivity contribution in [2.24, 2.45) is 10.7 Å². The molecular formula is C12H19FN6O3. The summed E-state index contributed by atoms with van der Waals surface area (Å²) in [4.78, 5) is 8.35.